The number of carbonyl (C=O) groups excluding carboxylic acids is 1. The fraction of sp³-hybridized carbons (Fsp3) is 0.417. The number of rotatable bonds is 2. The number of benzene rings is 1. The molecule has 0 unspecified atom stereocenters. The van der Waals surface area contributed by atoms with Crippen molar-refractivity contribution >= 4 is 5.91 Å². The topological polar surface area (TPSA) is 81.0 Å². The third kappa shape index (κ3) is 1.93. The van der Waals surface area contributed by atoms with Gasteiger partial charge in [-0.2, -0.15) is 0 Å². The Kier molecular flexibility index (Phi) is 2.71. The molecule has 1 amide bonds. The number of likely N-dealkylation sites (tertiary alicyclic amines) is 1. The van der Waals surface area contributed by atoms with E-state index in [9.17, 15) is 20.1 Å². The van der Waals surface area contributed by atoms with E-state index >= 15 is 0 Å². The first-order chi connectivity index (χ1) is 7.97. The van der Waals surface area contributed by atoms with Gasteiger partial charge >= 0.3 is 0 Å². The second-order valence-electron chi connectivity index (χ2n) is 4.41. The van der Waals surface area contributed by atoms with Gasteiger partial charge in [-0.05, 0) is 18.6 Å². The highest BCUT2D eigenvalue weighted by Crippen LogP contribution is 2.32. The van der Waals surface area contributed by atoms with Gasteiger partial charge in [-0.25, -0.2) is 0 Å². The van der Waals surface area contributed by atoms with Crippen LogP contribution < -0.4 is 0 Å². The monoisotopic (exact) mass is 237 g/mol. The largest absolute Gasteiger partial charge is 0.507 e. The average molecular weight is 237 g/mol. The minimum absolute atomic E-state index is 0.106. The van der Waals surface area contributed by atoms with Crippen LogP contribution in [0.25, 0.3) is 0 Å². The third-order valence-corrected chi connectivity index (χ3v) is 3.15. The van der Waals surface area contributed by atoms with Gasteiger partial charge in [0.15, 0.2) is 0 Å². The lowest BCUT2D eigenvalue weighted by Crippen LogP contribution is -2.63. The van der Waals surface area contributed by atoms with Crippen molar-refractivity contribution in [2.45, 2.75) is 18.9 Å². The zero-order valence-electron chi connectivity index (χ0n) is 9.55. The molecule has 1 aromatic carbocycles. The Hall–Kier alpha value is -1.75. The van der Waals surface area contributed by atoms with Crippen LogP contribution in [0.4, 0.5) is 0 Å². The van der Waals surface area contributed by atoms with E-state index in [4.69, 9.17) is 0 Å². The lowest BCUT2D eigenvalue weighted by Gasteiger charge is -2.46. The maximum Gasteiger partial charge on any atom is 0.261 e. The summed E-state index contributed by atoms with van der Waals surface area (Å²) in [6.07, 6.45) is 0.573. The molecule has 0 bridgehead atoms. The number of aliphatic hydroxyl groups is 1. The van der Waals surface area contributed by atoms with Gasteiger partial charge in [0.25, 0.3) is 5.91 Å². The quantitative estimate of drug-likeness (QED) is 0.707. The first-order valence-corrected chi connectivity index (χ1v) is 5.49. The second-order valence-corrected chi connectivity index (χ2v) is 4.41. The molecule has 0 aromatic heterocycles. The summed E-state index contributed by atoms with van der Waals surface area (Å²) in [5, 5.41) is 28.9. The molecule has 17 heavy (non-hydrogen) atoms. The van der Waals surface area contributed by atoms with Crippen molar-refractivity contribution in [2.24, 2.45) is 0 Å². The van der Waals surface area contributed by atoms with Gasteiger partial charge in [0, 0.05) is 0 Å². The molecule has 1 aliphatic heterocycles. The Balaban J connectivity index is 2.17. The van der Waals surface area contributed by atoms with Crippen LogP contribution in [0.2, 0.25) is 0 Å². The first-order valence-electron chi connectivity index (χ1n) is 5.49. The van der Waals surface area contributed by atoms with Crippen molar-refractivity contribution in [3.63, 3.8) is 0 Å². The number of nitrogens with zero attached hydrogens (tertiary/aromatic N) is 1. The molecule has 3 N–H and O–H groups in total. The van der Waals surface area contributed by atoms with Crippen LogP contribution in [0.5, 0.6) is 11.5 Å². The van der Waals surface area contributed by atoms with E-state index in [0.717, 1.165) is 0 Å². The highest BCUT2D eigenvalue weighted by Gasteiger charge is 2.43. The molecule has 1 fully saturated rings. The van der Waals surface area contributed by atoms with Crippen molar-refractivity contribution in [1.29, 1.82) is 0 Å². The molecular formula is C12H15NO4. The Morgan fingerprint density at radius 3 is 2.35 bits per heavy atom. The molecule has 5 nitrogen and oxygen atoms in total. The number of hydrogen-bond donors (Lipinski definition) is 3. The fourth-order valence-electron chi connectivity index (χ4n) is 1.94. The molecule has 1 aliphatic rings. The summed E-state index contributed by atoms with van der Waals surface area (Å²) in [7, 11) is 0. The first kappa shape index (κ1) is 11.7. The van der Waals surface area contributed by atoms with Gasteiger partial charge in [0.05, 0.1) is 18.7 Å². The van der Waals surface area contributed by atoms with E-state index in [1.807, 2.05) is 6.92 Å². The normalized spacial score (nSPS) is 17.6. The van der Waals surface area contributed by atoms with E-state index in [-0.39, 0.29) is 30.2 Å². The van der Waals surface area contributed by atoms with E-state index < -0.39 is 11.5 Å². The van der Waals surface area contributed by atoms with Crippen LogP contribution in [0.3, 0.4) is 0 Å². The van der Waals surface area contributed by atoms with Crippen molar-refractivity contribution < 1.29 is 20.1 Å². The lowest BCUT2D eigenvalue weighted by atomic mass is 9.90. The minimum atomic E-state index is -0.824. The number of β-amino-alcohol motifs (C(OH)–C–C–N with tert-alkyl or cyclic N) is 1. The molecule has 1 aromatic rings. The summed E-state index contributed by atoms with van der Waals surface area (Å²) in [6.45, 7) is 2.31. The predicted molar refractivity (Wildman–Crippen MR) is 60.9 cm³/mol. The Morgan fingerprint density at radius 1 is 1.35 bits per heavy atom. The van der Waals surface area contributed by atoms with Gasteiger partial charge in [-0.1, -0.05) is 13.0 Å². The Morgan fingerprint density at radius 2 is 1.88 bits per heavy atom. The Labute approximate surface area is 98.9 Å². The zero-order chi connectivity index (χ0) is 12.6. The fourth-order valence-corrected chi connectivity index (χ4v) is 1.94. The SMILES string of the molecule is CCC1(O)CN(C(=O)c2c(O)cccc2O)C1. The molecule has 1 saturated heterocycles. The standard InChI is InChI=1S/C12H15NO4/c1-2-12(17)6-13(7-12)11(16)10-8(14)4-3-5-9(10)15/h3-5,14-15,17H,2,6-7H2,1H3. The number of phenols is 2. The Bertz CT molecular complexity index is 432. The molecule has 0 atom stereocenters. The summed E-state index contributed by atoms with van der Waals surface area (Å²) >= 11 is 0. The minimum Gasteiger partial charge on any atom is -0.507 e. The summed E-state index contributed by atoms with van der Waals surface area (Å²) in [5.74, 6) is -0.956. The molecular weight excluding hydrogens is 222 g/mol. The number of amides is 1. The van der Waals surface area contributed by atoms with Gasteiger partial charge in [0.1, 0.15) is 17.1 Å². The van der Waals surface area contributed by atoms with E-state index in [1.165, 1.54) is 23.1 Å². The molecule has 0 spiro atoms. The highest BCUT2D eigenvalue weighted by atomic mass is 16.3. The van der Waals surface area contributed by atoms with E-state index in [2.05, 4.69) is 0 Å². The van der Waals surface area contributed by atoms with Crippen LogP contribution in [-0.4, -0.2) is 44.8 Å². The highest BCUT2D eigenvalue weighted by molar-refractivity contribution is 6.00. The van der Waals surface area contributed by atoms with Gasteiger partial charge in [0.2, 0.25) is 0 Å². The molecule has 0 radical (unpaired) electrons. The van der Waals surface area contributed by atoms with Crippen LogP contribution in [0.1, 0.15) is 23.7 Å². The van der Waals surface area contributed by atoms with Gasteiger partial charge in [-0.15, -0.1) is 0 Å². The molecule has 5 heteroatoms. The molecule has 0 aliphatic carbocycles. The van der Waals surface area contributed by atoms with Crippen molar-refractivity contribution in [2.75, 3.05) is 13.1 Å². The van der Waals surface area contributed by atoms with Crippen LogP contribution >= 0.6 is 0 Å². The van der Waals surface area contributed by atoms with Crippen molar-refractivity contribution in [3.8, 4) is 11.5 Å². The smallest absolute Gasteiger partial charge is 0.261 e. The second kappa shape index (κ2) is 3.92. The van der Waals surface area contributed by atoms with Gasteiger partial charge in [-0.3, -0.25) is 4.79 Å². The number of hydrogen-bond acceptors (Lipinski definition) is 4. The average Bonchev–Trinajstić information content (AvgIpc) is 2.24. The van der Waals surface area contributed by atoms with Crippen molar-refractivity contribution in [3.05, 3.63) is 23.8 Å². The summed E-state index contributed by atoms with van der Waals surface area (Å²) in [4.78, 5) is 13.4. The summed E-state index contributed by atoms with van der Waals surface area (Å²) in [6, 6.07) is 4.15. The van der Waals surface area contributed by atoms with Crippen LogP contribution in [-0.2, 0) is 0 Å². The summed E-state index contributed by atoms with van der Waals surface area (Å²) < 4.78 is 0. The van der Waals surface area contributed by atoms with E-state index in [0.29, 0.717) is 6.42 Å². The molecule has 2 rings (SSSR count). The van der Waals surface area contributed by atoms with Gasteiger partial charge < -0.3 is 20.2 Å². The maximum atomic E-state index is 12.0. The molecule has 1 heterocycles. The van der Waals surface area contributed by atoms with Crippen LogP contribution in [0.15, 0.2) is 18.2 Å². The number of aromatic hydroxyl groups is 2. The lowest BCUT2D eigenvalue weighted by molar-refractivity contribution is -0.0828. The van der Waals surface area contributed by atoms with Crippen molar-refractivity contribution in [1.82, 2.24) is 4.90 Å². The predicted octanol–water partition coefficient (Wildman–Crippen LogP) is 0.695. The third-order valence-electron chi connectivity index (χ3n) is 3.15. The zero-order valence-corrected chi connectivity index (χ0v) is 9.55. The van der Waals surface area contributed by atoms with Crippen LogP contribution in [0, 0.1) is 0 Å². The number of phenolic OH excluding ortho intramolecular Hbond substituents is 2. The van der Waals surface area contributed by atoms with E-state index in [1.54, 1.807) is 0 Å². The molecule has 0 saturated carbocycles. The number of carbonyl (C=O) groups is 1. The summed E-state index contributed by atoms with van der Waals surface area (Å²) in [5.41, 5.74) is -0.930. The molecule has 92 valence electrons. The maximum absolute atomic E-state index is 12.0.